The first-order chi connectivity index (χ1) is 15.3. The number of sulfonamides is 1. The van der Waals surface area contributed by atoms with Crippen LogP contribution in [0, 0.1) is 13.8 Å². The number of aryl methyl sites for hydroxylation is 2. The number of anilines is 1. The minimum atomic E-state index is -3.98. The minimum absolute atomic E-state index is 0.0324. The smallest absolute Gasteiger partial charge is 0.263 e. The molecule has 3 aromatic rings. The van der Waals surface area contributed by atoms with Crippen LogP contribution in [0.25, 0.3) is 0 Å². The Hall–Kier alpha value is -2.87. The van der Waals surface area contributed by atoms with Gasteiger partial charge < -0.3 is 10.1 Å². The molecule has 0 aromatic heterocycles. The Morgan fingerprint density at radius 1 is 1.00 bits per heavy atom. The Bertz CT molecular complexity index is 1200. The summed E-state index contributed by atoms with van der Waals surface area (Å²) >= 11 is 6.15. The maximum absolute atomic E-state index is 12.9. The van der Waals surface area contributed by atoms with E-state index in [0.717, 1.165) is 16.7 Å². The van der Waals surface area contributed by atoms with Gasteiger partial charge in [0.1, 0.15) is 4.90 Å². The molecule has 0 unspecified atom stereocenters. The van der Waals surface area contributed by atoms with Crippen molar-refractivity contribution < 1.29 is 17.9 Å². The van der Waals surface area contributed by atoms with E-state index in [-0.39, 0.29) is 22.0 Å². The molecule has 168 valence electrons. The average molecular weight is 473 g/mol. The summed E-state index contributed by atoms with van der Waals surface area (Å²) in [5.41, 5.74) is 3.50. The van der Waals surface area contributed by atoms with Crippen molar-refractivity contribution in [1.29, 1.82) is 0 Å². The molecule has 0 fully saturated rings. The number of carbonyl (C=O) groups excluding carboxylic acids is 1. The number of halogens is 1. The molecule has 0 bridgehead atoms. The second kappa shape index (κ2) is 10.6. The molecular weight excluding hydrogens is 448 g/mol. The largest absolute Gasteiger partial charge is 0.375 e. The molecule has 6 nitrogen and oxygen atoms in total. The van der Waals surface area contributed by atoms with Gasteiger partial charge in [-0.1, -0.05) is 59.6 Å². The van der Waals surface area contributed by atoms with Crippen LogP contribution in [0.2, 0.25) is 5.02 Å². The van der Waals surface area contributed by atoms with E-state index in [1.54, 1.807) is 6.07 Å². The summed E-state index contributed by atoms with van der Waals surface area (Å²) in [5.74, 6) is -0.409. The molecule has 0 aliphatic heterocycles. The van der Waals surface area contributed by atoms with Crippen LogP contribution in [-0.4, -0.2) is 27.5 Å². The Kier molecular flexibility index (Phi) is 7.90. The van der Waals surface area contributed by atoms with E-state index in [4.69, 9.17) is 16.3 Å². The number of hydrogen-bond donors (Lipinski definition) is 2. The lowest BCUT2D eigenvalue weighted by molar-refractivity contribution is 0.0900. The number of amides is 1. The summed E-state index contributed by atoms with van der Waals surface area (Å²) in [6, 6.07) is 19.3. The Morgan fingerprint density at radius 3 is 2.47 bits per heavy atom. The first-order valence-electron chi connectivity index (χ1n) is 10.1. The fourth-order valence-electron chi connectivity index (χ4n) is 3.08. The van der Waals surface area contributed by atoms with E-state index < -0.39 is 15.9 Å². The van der Waals surface area contributed by atoms with E-state index in [2.05, 4.69) is 10.0 Å². The first kappa shape index (κ1) is 23.8. The zero-order chi connectivity index (χ0) is 23.1. The standard InChI is InChI=1S/C24H25ClN2O4S/c1-17-8-11-22(18(2)14-17)27-32(29,30)23-15-20(9-10-21(23)25)24(28)26-12-13-31-16-19-6-4-3-5-7-19/h3-11,14-15,27H,12-13,16H2,1-2H3,(H,26,28). The van der Waals surface area contributed by atoms with Gasteiger partial charge in [-0.2, -0.15) is 0 Å². The molecule has 0 heterocycles. The number of hydrogen-bond acceptors (Lipinski definition) is 4. The normalized spacial score (nSPS) is 11.2. The molecule has 3 rings (SSSR count). The quantitative estimate of drug-likeness (QED) is 0.442. The Balaban J connectivity index is 1.63. The van der Waals surface area contributed by atoms with Gasteiger partial charge in [0, 0.05) is 12.1 Å². The second-order valence-electron chi connectivity index (χ2n) is 7.36. The van der Waals surface area contributed by atoms with Crippen LogP contribution in [0.5, 0.6) is 0 Å². The third-order valence-corrected chi connectivity index (χ3v) is 6.60. The molecule has 0 saturated heterocycles. The van der Waals surface area contributed by atoms with Gasteiger partial charge in [-0.25, -0.2) is 8.42 Å². The molecule has 0 spiro atoms. The van der Waals surface area contributed by atoms with Crippen LogP contribution in [0.4, 0.5) is 5.69 Å². The molecule has 8 heteroatoms. The predicted molar refractivity (Wildman–Crippen MR) is 127 cm³/mol. The van der Waals surface area contributed by atoms with Crippen molar-refractivity contribution >= 4 is 33.2 Å². The monoisotopic (exact) mass is 472 g/mol. The second-order valence-corrected chi connectivity index (χ2v) is 9.42. The van der Waals surface area contributed by atoms with Crippen LogP contribution in [0.1, 0.15) is 27.0 Å². The number of ether oxygens (including phenoxy) is 1. The number of rotatable bonds is 9. The fraction of sp³-hybridized carbons (Fsp3) is 0.208. The van der Waals surface area contributed by atoms with E-state index in [1.165, 1.54) is 18.2 Å². The predicted octanol–water partition coefficient (Wildman–Crippen LogP) is 4.70. The van der Waals surface area contributed by atoms with Crippen LogP contribution in [0.3, 0.4) is 0 Å². The van der Waals surface area contributed by atoms with E-state index in [9.17, 15) is 13.2 Å². The number of nitrogens with one attached hydrogen (secondary N) is 2. The van der Waals surface area contributed by atoms with Crippen LogP contribution in [-0.2, 0) is 21.4 Å². The summed E-state index contributed by atoms with van der Waals surface area (Å²) in [6.45, 7) is 4.81. The molecular formula is C24H25ClN2O4S. The van der Waals surface area contributed by atoms with Crippen molar-refractivity contribution in [3.63, 3.8) is 0 Å². The van der Waals surface area contributed by atoms with Gasteiger partial charge >= 0.3 is 0 Å². The molecule has 0 aliphatic rings. The number of benzene rings is 3. The molecule has 32 heavy (non-hydrogen) atoms. The summed E-state index contributed by atoms with van der Waals surface area (Å²) in [5, 5.41) is 2.76. The molecule has 0 atom stereocenters. The van der Waals surface area contributed by atoms with Crippen molar-refractivity contribution in [2.75, 3.05) is 17.9 Å². The summed E-state index contributed by atoms with van der Waals surface area (Å²) in [4.78, 5) is 12.3. The van der Waals surface area contributed by atoms with E-state index >= 15 is 0 Å². The van der Waals surface area contributed by atoms with Gasteiger partial charge in [-0.15, -0.1) is 0 Å². The Labute approximate surface area is 193 Å². The highest BCUT2D eigenvalue weighted by atomic mass is 35.5. The molecule has 0 radical (unpaired) electrons. The highest BCUT2D eigenvalue weighted by Crippen LogP contribution is 2.26. The zero-order valence-corrected chi connectivity index (χ0v) is 19.5. The van der Waals surface area contributed by atoms with Gasteiger partial charge in [0.15, 0.2) is 0 Å². The molecule has 0 saturated carbocycles. The van der Waals surface area contributed by atoms with Crippen molar-refractivity contribution in [3.8, 4) is 0 Å². The third-order valence-electron chi connectivity index (χ3n) is 4.75. The molecule has 1 amide bonds. The van der Waals surface area contributed by atoms with Gasteiger partial charge in [0.05, 0.1) is 23.9 Å². The van der Waals surface area contributed by atoms with Gasteiger partial charge in [0.2, 0.25) is 0 Å². The lowest BCUT2D eigenvalue weighted by Crippen LogP contribution is -2.27. The SMILES string of the molecule is Cc1ccc(NS(=O)(=O)c2cc(C(=O)NCCOCc3ccccc3)ccc2Cl)c(C)c1. The molecule has 3 aromatic carbocycles. The molecule has 0 aliphatic carbocycles. The summed E-state index contributed by atoms with van der Waals surface area (Å²) < 4.78 is 33.9. The third kappa shape index (κ3) is 6.32. The van der Waals surface area contributed by atoms with E-state index in [1.807, 2.05) is 56.3 Å². The van der Waals surface area contributed by atoms with Gasteiger partial charge in [-0.3, -0.25) is 9.52 Å². The van der Waals surface area contributed by atoms with Crippen LogP contribution in [0.15, 0.2) is 71.6 Å². The fourth-order valence-corrected chi connectivity index (χ4v) is 4.74. The van der Waals surface area contributed by atoms with E-state index in [0.29, 0.717) is 18.9 Å². The van der Waals surface area contributed by atoms with Crippen molar-refractivity contribution in [2.45, 2.75) is 25.3 Å². The highest BCUT2D eigenvalue weighted by Gasteiger charge is 2.21. The minimum Gasteiger partial charge on any atom is -0.375 e. The summed E-state index contributed by atoms with van der Waals surface area (Å²) in [7, 11) is -3.98. The molecule has 2 N–H and O–H groups in total. The number of carbonyl (C=O) groups is 1. The van der Waals surface area contributed by atoms with Crippen molar-refractivity contribution in [1.82, 2.24) is 5.32 Å². The first-order valence-corrected chi connectivity index (χ1v) is 11.9. The van der Waals surface area contributed by atoms with Crippen molar-refractivity contribution in [3.05, 3.63) is 94.0 Å². The maximum atomic E-state index is 12.9. The van der Waals surface area contributed by atoms with Gasteiger partial charge in [0.25, 0.3) is 15.9 Å². The van der Waals surface area contributed by atoms with Crippen LogP contribution < -0.4 is 10.0 Å². The highest BCUT2D eigenvalue weighted by molar-refractivity contribution is 7.92. The van der Waals surface area contributed by atoms with Crippen LogP contribution >= 0.6 is 11.6 Å². The topological polar surface area (TPSA) is 84.5 Å². The summed E-state index contributed by atoms with van der Waals surface area (Å²) in [6.07, 6.45) is 0. The van der Waals surface area contributed by atoms with Crippen molar-refractivity contribution in [2.24, 2.45) is 0 Å². The lowest BCUT2D eigenvalue weighted by Gasteiger charge is -2.13. The Morgan fingerprint density at radius 2 is 1.75 bits per heavy atom. The lowest BCUT2D eigenvalue weighted by atomic mass is 10.1. The van der Waals surface area contributed by atoms with Gasteiger partial charge in [-0.05, 0) is 49.2 Å². The zero-order valence-electron chi connectivity index (χ0n) is 17.9. The average Bonchev–Trinajstić information content (AvgIpc) is 2.76. The maximum Gasteiger partial charge on any atom is 0.263 e.